The zero-order valence-electron chi connectivity index (χ0n) is 17.9. The maximum atomic E-state index is 13.8. The van der Waals surface area contributed by atoms with Crippen molar-refractivity contribution >= 4 is 33.3 Å². The lowest BCUT2D eigenvalue weighted by Gasteiger charge is -2.36. The molecule has 2 N–H and O–H groups in total. The van der Waals surface area contributed by atoms with Crippen LogP contribution >= 0.6 is 0 Å². The highest BCUT2D eigenvalue weighted by molar-refractivity contribution is 7.93. The van der Waals surface area contributed by atoms with Gasteiger partial charge in [0.1, 0.15) is 16.4 Å². The van der Waals surface area contributed by atoms with Gasteiger partial charge < -0.3 is 19.9 Å². The van der Waals surface area contributed by atoms with E-state index < -0.39 is 21.9 Å². The quantitative estimate of drug-likeness (QED) is 0.609. The minimum absolute atomic E-state index is 0.0520. The van der Waals surface area contributed by atoms with Gasteiger partial charge in [0.25, 0.3) is 10.0 Å². The van der Waals surface area contributed by atoms with Gasteiger partial charge in [0.05, 0.1) is 25.6 Å². The Hall–Kier alpha value is -3.53. The number of carboxylic acids is 1. The predicted octanol–water partition coefficient (Wildman–Crippen LogP) is 2.81. The number of aliphatic carboxylic acids is 1. The van der Waals surface area contributed by atoms with Crippen LogP contribution in [0.5, 0.6) is 11.5 Å². The van der Waals surface area contributed by atoms with Crippen molar-refractivity contribution in [3.63, 3.8) is 0 Å². The van der Waals surface area contributed by atoms with E-state index in [1.807, 2.05) is 19.1 Å². The van der Waals surface area contributed by atoms with E-state index in [4.69, 9.17) is 14.6 Å². The molecule has 2 aromatic rings. The molecule has 3 rings (SSSR count). The number of carbonyl (C=O) groups excluding carboxylic acids is 1. The summed E-state index contributed by atoms with van der Waals surface area (Å²) in [6.07, 6.45) is 2.91. The highest BCUT2D eigenvalue weighted by atomic mass is 32.2. The van der Waals surface area contributed by atoms with Gasteiger partial charge in [-0.05, 0) is 37.5 Å². The van der Waals surface area contributed by atoms with E-state index in [0.717, 1.165) is 18.1 Å². The predicted molar refractivity (Wildman–Crippen MR) is 119 cm³/mol. The molecule has 32 heavy (non-hydrogen) atoms. The van der Waals surface area contributed by atoms with Crippen LogP contribution in [-0.4, -0.2) is 45.7 Å². The van der Waals surface area contributed by atoms with E-state index in [1.54, 1.807) is 12.1 Å². The number of aryl methyl sites for hydroxylation is 1. The van der Waals surface area contributed by atoms with E-state index in [1.165, 1.54) is 30.7 Å². The highest BCUT2D eigenvalue weighted by Gasteiger charge is 2.36. The Morgan fingerprint density at radius 3 is 2.47 bits per heavy atom. The zero-order valence-corrected chi connectivity index (χ0v) is 18.7. The van der Waals surface area contributed by atoms with Crippen LogP contribution in [0.1, 0.15) is 18.9 Å². The molecule has 0 saturated carbocycles. The number of nitrogens with one attached hydrogen (secondary N) is 1. The van der Waals surface area contributed by atoms with Crippen LogP contribution < -0.4 is 19.1 Å². The van der Waals surface area contributed by atoms with E-state index in [0.29, 0.717) is 18.2 Å². The molecule has 170 valence electrons. The second-order valence-electron chi connectivity index (χ2n) is 7.18. The lowest BCUT2D eigenvalue weighted by Crippen LogP contribution is -2.42. The van der Waals surface area contributed by atoms with Crippen LogP contribution in [0.3, 0.4) is 0 Å². The summed E-state index contributed by atoms with van der Waals surface area (Å²) in [6, 6.07) is 9.63. The highest BCUT2D eigenvalue weighted by Crippen LogP contribution is 2.41. The van der Waals surface area contributed by atoms with Crippen LogP contribution in [0.2, 0.25) is 0 Å². The van der Waals surface area contributed by atoms with Gasteiger partial charge in [-0.3, -0.25) is 9.10 Å². The molecule has 2 aromatic carbocycles. The molecule has 10 heteroatoms. The average molecular weight is 461 g/mol. The van der Waals surface area contributed by atoms with E-state index in [2.05, 4.69) is 5.32 Å². The number of carboxylic acid groups (broad SMARTS) is 1. The van der Waals surface area contributed by atoms with Crippen molar-refractivity contribution in [2.24, 2.45) is 0 Å². The molecule has 0 fully saturated rings. The van der Waals surface area contributed by atoms with Crippen LogP contribution in [-0.2, 0) is 26.0 Å². The number of hydrogen-bond donors (Lipinski definition) is 2. The normalized spacial score (nSPS) is 15.8. The molecular weight excluding hydrogens is 436 g/mol. The molecule has 0 aromatic heterocycles. The van der Waals surface area contributed by atoms with Crippen LogP contribution in [0.4, 0.5) is 11.4 Å². The number of sulfonamides is 1. The molecule has 0 radical (unpaired) electrons. The van der Waals surface area contributed by atoms with Crippen molar-refractivity contribution in [2.45, 2.75) is 30.7 Å². The molecule has 0 saturated heterocycles. The first-order chi connectivity index (χ1) is 15.2. The summed E-state index contributed by atoms with van der Waals surface area (Å²) in [4.78, 5) is 22.6. The lowest BCUT2D eigenvalue weighted by atomic mass is 9.99. The van der Waals surface area contributed by atoms with Crippen LogP contribution in [0.25, 0.3) is 0 Å². The number of fused-ring (bicyclic) bond motifs is 1. The van der Waals surface area contributed by atoms with Gasteiger partial charge in [-0.15, -0.1) is 0 Å². The third kappa shape index (κ3) is 4.54. The number of amides is 1. The summed E-state index contributed by atoms with van der Waals surface area (Å²) in [5.74, 6) is -1.83. The molecule has 0 aliphatic carbocycles. The third-order valence-electron chi connectivity index (χ3n) is 5.12. The topological polar surface area (TPSA) is 122 Å². The van der Waals surface area contributed by atoms with E-state index in [-0.39, 0.29) is 28.1 Å². The monoisotopic (exact) mass is 460 g/mol. The zero-order chi connectivity index (χ0) is 23.5. The molecule has 1 aliphatic heterocycles. The van der Waals surface area contributed by atoms with Gasteiger partial charge in [-0.1, -0.05) is 18.2 Å². The molecule has 9 nitrogen and oxygen atoms in total. The summed E-state index contributed by atoms with van der Waals surface area (Å²) in [6.45, 7) is 1.84. The molecule has 0 spiro atoms. The molecule has 1 aliphatic rings. The minimum atomic E-state index is -4.09. The number of anilines is 2. The second-order valence-corrected chi connectivity index (χ2v) is 8.96. The number of para-hydroxylation sites is 1. The Kier molecular flexibility index (Phi) is 6.73. The number of nitrogens with zero attached hydrogens (tertiary/aromatic N) is 1. The molecule has 1 atom stereocenters. The molecule has 1 heterocycles. The Morgan fingerprint density at radius 2 is 1.81 bits per heavy atom. The summed E-state index contributed by atoms with van der Waals surface area (Å²) in [5, 5.41) is 11.2. The first-order valence-corrected chi connectivity index (χ1v) is 11.2. The van der Waals surface area contributed by atoms with Gasteiger partial charge in [-0.2, -0.15) is 0 Å². The van der Waals surface area contributed by atoms with Gasteiger partial charge in [0, 0.05) is 24.3 Å². The number of carbonyl (C=O) groups is 2. The molecular formula is C22H24N2O7S. The Balaban J connectivity index is 2.12. The summed E-state index contributed by atoms with van der Waals surface area (Å²) in [5.41, 5.74) is 1.58. The maximum Gasteiger partial charge on any atom is 0.328 e. The smallest absolute Gasteiger partial charge is 0.328 e. The van der Waals surface area contributed by atoms with Crippen molar-refractivity contribution < 1.29 is 32.6 Å². The minimum Gasteiger partial charge on any atom is -0.495 e. The fraction of sp³-hybridized carbons (Fsp3) is 0.273. The van der Waals surface area contributed by atoms with Gasteiger partial charge >= 0.3 is 5.97 Å². The third-order valence-corrected chi connectivity index (χ3v) is 7.07. The van der Waals surface area contributed by atoms with Gasteiger partial charge in [-0.25, -0.2) is 13.2 Å². The van der Waals surface area contributed by atoms with Crippen LogP contribution in [0.15, 0.2) is 53.4 Å². The van der Waals surface area contributed by atoms with Crippen molar-refractivity contribution in [1.29, 1.82) is 0 Å². The van der Waals surface area contributed by atoms with E-state index in [9.17, 15) is 18.0 Å². The van der Waals surface area contributed by atoms with Crippen molar-refractivity contribution in [3.8, 4) is 11.5 Å². The summed E-state index contributed by atoms with van der Waals surface area (Å²) >= 11 is 0. The van der Waals surface area contributed by atoms with E-state index >= 15 is 0 Å². The Morgan fingerprint density at radius 1 is 1.12 bits per heavy atom. The maximum absolute atomic E-state index is 13.8. The average Bonchev–Trinajstić information content (AvgIpc) is 2.77. The summed E-state index contributed by atoms with van der Waals surface area (Å²) < 4.78 is 39.6. The Bertz CT molecular complexity index is 1170. The number of ether oxygens (including phenoxy) is 2. The standard InChI is InChI=1S/C22H24N2O7S/c1-14-8-9-15-6-4-5-7-17(15)24(14)32(28,29)20-12-16(18(30-2)13-19(20)31-3)23-21(25)10-11-22(26)27/h4-7,10-14H,8-9H2,1-3H3,(H,23,25)(H,26,27)/b11-10+/t14-/m0/s1. The van der Waals surface area contributed by atoms with Gasteiger partial charge in [0.2, 0.25) is 5.91 Å². The number of methoxy groups -OCH3 is 2. The SMILES string of the molecule is COc1cc(OC)c(S(=O)(=O)N2c3ccccc3CC[C@@H]2C)cc1NC(=O)/C=C/C(=O)O. The lowest BCUT2D eigenvalue weighted by molar-refractivity contribution is -0.131. The largest absolute Gasteiger partial charge is 0.495 e. The number of benzene rings is 2. The molecule has 0 unspecified atom stereocenters. The first kappa shape index (κ1) is 23.1. The summed E-state index contributed by atoms with van der Waals surface area (Å²) in [7, 11) is -1.39. The van der Waals surface area contributed by atoms with Crippen molar-refractivity contribution in [3.05, 3.63) is 54.1 Å². The van der Waals surface area contributed by atoms with Crippen LogP contribution in [0, 0.1) is 0 Å². The second kappa shape index (κ2) is 9.31. The Labute approximate surface area is 186 Å². The molecule has 0 bridgehead atoms. The van der Waals surface area contributed by atoms with Crippen molar-refractivity contribution in [2.75, 3.05) is 23.8 Å². The number of hydrogen-bond acceptors (Lipinski definition) is 6. The fourth-order valence-corrected chi connectivity index (χ4v) is 5.51. The number of rotatable bonds is 7. The molecule has 1 amide bonds. The fourth-order valence-electron chi connectivity index (χ4n) is 3.62. The first-order valence-electron chi connectivity index (χ1n) is 9.79. The van der Waals surface area contributed by atoms with Crippen molar-refractivity contribution in [1.82, 2.24) is 0 Å². The van der Waals surface area contributed by atoms with Gasteiger partial charge in [0.15, 0.2) is 0 Å².